The zero-order chi connectivity index (χ0) is 12.5. The summed E-state index contributed by atoms with van der Waals surface area (Å²) in [6, 6.07) is 3.37. The molecule has 0 aromatic carbocycles. The van der Waals surface area contributed by atoms with E-state index in [1.165, 1.54) is 11.3 Å². The lowest BCUT2D eigenvalue weighted by molar-refractivity contribution is 0.211. The molecule has 1 saturated heterocycles. The summed E-state index contributed by atoms with van der Waals surface area (Å²) in [4.78, 5) is 0. The standard InChI is InChI=1S/C11H18N2O2S2.ClH/c1-9-4-5-13(10(7-9)8-12)17(14,15)11-3-2-6-16-11;/h2-3,6,9-10H,4-5,7-8,12H2,1H3;1H. The number of hydrogen-bond donors (Lipinski definition) is 1. The predicted octanol–water partition coefficient (Wildman–Crippen LogP) is 1.92. The highest BCUT2D eigenvalue weighted by Gasteiger charge is 2.35. The van der Waals surface area contributed by atoms with Crippen LogP contribution in [0, 0.1) is 5.92 Å². The monoisotopic (exact) mass is 310 g/mol. The van der Waals surface area contributed by atoms with Gasteiger partial charge in [0.15, 0.2) is 0 Å². The van der Waals surface area contributed by atoms with Crippen LogP contribution < -0.4 is 5.73 Å². The van der Waals surface area contributed by atoms with E-state index >= 15 is 0 Å². The molecule has 104 valence electrons. The topological polar surface area (TPSA) is 63.4 Å². The Morgan fingerprint density at radius 2 is 2.28 bits per heavy atom. The van der Waals surface area contributed by atoms with E-state index in [4.69, 9.17) is 5.73 Å². The Bertz CT molecular complexity index is 461. The van der Waals surface area contributed by atoms with Crippen LogP contribution in [0.15, 0.2) is 21.7 Å². The van der Waals surface area contributed by atoms with Gasteiger partial charge in [0, 0.05) is 19.1 Å². The summed E-state index contributed by atoms with van der Waals surface area (Å²) in [5.41, 5.74) is 5.70. The molecule has 7 heteroatoms. The Balaban J connectivity index is 0.00000162. The molecule has 1 aromatic rings. The lowest BCUT2D eigenvalue weighted by atomic mass is 9.94. The van der Waals surface area contributed by atoms with Crippen LogP contribution >= 0.6 is 23.7 Å². The largest absolute Gasteiger partial charge is 0.329 e. The number of sulfonamides is 1. The third kappa shape index (κ3) is 3.05. The fraction of sp³-hybridized carbons (Fsp3) is 0.636. The number of thiophene rings is 1. The highest BCUT2D eigenvalue weighted by molar-refractivity contribution is 7.91. The highest BCUT2D eigenvalue weighted by atomic mass is 35.5. The van der Waals surface area contributed by atoms with Gasteiger partial charge in [-0.3, -0.25) is 0 Å². The van der Waals surface area contributed by atoms with Gasteiger partial charge in [0.1, 0.15) is 4.21 Å². The van der Waals surface area contributed by atoms with Crippen LogP contribution in [-0.4, -0.2) is 31.9 Å². The molecule has 1 aliphatic rings. The molecule has 2 unspecified atom stereocenters. The average Bonchev–Trinajstić information content (AvgIpc) is 2.82. The summed E-state index contributed by atoms with van der Waals surface area (Å²) >= 11 is 1.27. The van der Waals surface area contributed by atoms with Gasteiger partial charge in [-0.15, -0.1) is 23.7 Å². The molecule has 4 nitrogen and oxygen atoms in total. The van der Waals surface area contributed by atoms with Gasteiger partial charge in [0.25, 0.3) is 10.0 Å². The van der Waals surface area contributed by atoms with Crippen molar-refractivity contribution in [2.45, 2.75) is 30.0 Å². The van der Waals surface area contributed by atoms with E-state index in [0.717, 1.165) is 12.8 Å². The van der Waals surface area contributed by atoms with Crippen LogP contribution in [0.3, 0.4) is 0 Å². The highest BCUT2D eigenvalue weighted by Crippen LogP contribution is 2.29. The van der Waals surface area contributed by atoms with Gasteiger partial charge in [0.2, 0.25) is 0 Å². The van der Waals surface area contributed by atoms with E-state index in [0.29, 0.717) is 23.2 Å². The lowest BCUT2D eigenvalue weighted by Crippen LogP contribution is -2.48. The predicted molar refractivity (Wildman–Crippen MR) is 76.7 cm³/mol. The van der Waals surface area contributed by atoms with E-state index in [1.807, 2.05) is 0 Å². The van der Waals surface area contributed by atoms with Gasteiger partial charge in [-0.05, 0) is 30.2 Å². The number of hydrogen-bond acceptors (Lipinski definition) is 4. The molecule has 0 amide bonds. The minimum atomic E-state index is -3.33. The third-order valence-corrected chi connectivity index (χ3v) is 6.58. The summed E-state index contributed by atoms with van der Waals surface area (Å²) in [6.07, 6.45) is 1.78. The number of halogens is 1. The fourth-order valence-corrected chi connectivity index (χ4v) is 5.07. The second-order valence-electron chi connectivity index (χ2n) is 4.57. The van der Waals surface area contributed by atoms with Gasteiger partial charge in [-0.2, -0.15) is 4.31 Å². The number of piperidine rings is 1. The van der Waals surface area contributed by atoms with Gasteiger partial charge in [0.05, 0.1) is 0 Å². The molecular formula is C11H19ClN2O2S2. The van der Waals surface area contributed by atoms with E-state index in [9.17, 15) is 8.42 Å². The van der Waals surface area contributed by atoms with Crippen molar-refractivity contribution in [3.8, 4) is 0 Å². The molecule has 1 fully saturated rings. The van der Waals surface area contributed by atoms with Crippen LogP contribution in [-0.2, 0) is 10.0 Å². The Kier molecular flexibility index (Phi) is 5.61. The van der Waals surface area contributed by atoms with Crippen LogP contribution in [0.4, 0.5) is 0 Å². The van der Waals surface area contributed by atoms with Gasteiger partial charge >= 0.3 is 0 Å². The molecule has 2 rings (SSSR count). The van der Waals surface area contributed by atoms with Crippen molar-refractivity contribution in [2.75, 3.05) is 13.1 Å². The first-order chi connectivity index (χ1) is 8.05. The van der Waals surface area contributed by atoms with Crippen LogP contribution in [0.1, 0.15) is 19.8 Å². The van der Waals surface area contributed by atoms with Gasteiger partial charge in [-0.25, -0.2) is 8.42 Å². The van der Waals surface area contributed by atoms with Crippen molar-refractivity contribution in [3.63, 3.8) is 0 Å². The second kappa shape index (κ2) is 6.34. The number of nitrogens with zero attached hydrogens (tertiary/aromatic N) is 1. The van der Waals surface area contributed by atoms with Crippen molar-refractivity contribution in [1.82, 2.24) is 4.31 Å². The van der Waals surface area contributed by atoms with Crippen molar-refractivity contribution in [2.24, 2.45) is 11.7 Å². The molecular weight excluding hydrogens is 292 g/mol. The molecule has 2 atom stereocenters. The first-order valence-corrected chi connectivity index (χ1v) is 8.13. The smallest absolute Gasteiger partial charge is 0.252 e. The molecule has 0 spiro atoms. The third-order valence-electron chi connectivity index (χ3n) is 3.25. The van der Waals surface area contributed by atoms with Crippen molar-refractivity contribution in [1.29, 1.82) is 0 Å². The lowest BCUT2D eigenvalue weighted by Gasteiger charge is -2.36. The average molecular weight is 311 g/mol. The maximum Gasteiger partial charge on any atom is 0.252 e. The molecule has 1 aromatic heterocycles. The van der Waals surface area contributed by atoms with E-state index in [2.05, 4.69) is 6.92 Å². The normalized spacial score (nSPS) is 25.7. The molecule has 0 bridgehead atoms. The van der Waals surface area contributed by atoms with Gasteiger partial charge < -0.3 is 5.73 Å². The minimum absolute atomic E-state index is 0. The molecule has 18 heavy (non-hydrogen) atoms. The zero-order valence-electron chi connectivity index (χ0n) is 10.3. The molecule has 2 heterocycles. The van der Waals surface area contributed by atoms with Crippen LogP contribution in [0.2, 0.25) is 0 Å². The molecule has 1 aliphatic heterocycles. The SMILES string of the molecule is CC1CCN(S(=O)(=O)c2cccs2)C(CN)C1.Cl. The Labute approximate surface area is 119 Å². The Morgan fingerprint density at radius 3 is 2.83 bits per heavy atom. The maximum atomic E-state index is 12.4. The molecule has 0 aliphatic carbocycles. The summed E-state index contributed by atoms with van der Waals surface area (Å²) in [7, 11) is -3.33. The maximum absolute atomic E-state index is 12.4. The quantitative estimate of drug-likeness (QED) is 0.927. The van der Waals surface area contributed by atoms with Crippen molar-refractivity contribution >= 4 is 33.8 Å². The second-order valence-corrected chi connectivity index (χ2v) is 7.63. The summed E-state index contributed by atoms with van der Waals surface area (Å²) in [5, 5.41) is 1.79. The molecule has 0 saturated carbocycles. The minimum Gasteiger partial charge on any atom is -0.329 e. The van der Waals surface area contributed by atoms with Crippen molar-refractivity contribution < 1.29 is 8.42 Å². The van der Waals surface area contributed by atoms with E-state index in [1.54, 1.807) is 21.8 Å². The Morgan fingerprint density at radius 1 is 1.56 bits per heavy atom. The van der Waals surface area contributed by atoms with E-state index < -0.39 is 10.0 Å². The fourth-order valence-electron chi connectivity index (χ4n) is 2.29. The number of rotatable bonds is 3. The number of nitrogens with two attached hydrogens (primary N) is 1. The molecule has 0 radical (unpaired) electrons. The van der Waals surface area contributed by atoms with Crippen molar-refractivity contribution in [3.05, 3.63) is 17.5 Å². The molecule has 2 N–H and O–H groups in total. The summed E-state index contributed by atoms with van der Waals surface area (Å²) in [5.74, 6) is 0.554. The Hall–Kier alpha value is -0.140. The summed E-state index contributed by atoms with van der Waals surface area (Å²) in [6.45, 7) is 3.13. The first-order valence-electron chi connectivity index (χ1n) is 5.81. The first kappa shape index (κ1) is 15.9. The van der Waals surface area contributed by atoms with E-state index in [-0.39, 0.29) is 18.4 Å². The van der Waals surface area contributed by atoms with Crippen LogP contribution in [0.5, 0.6) is 0 Å². The zero-order valence-corrected chi connectivity index (χ0v) is 12.7. The summed E-state index contributed by atoms with van der Waals surface area (Å²) < 4.78 is 26.8. The van der Waals surface area contributed by atoms with Crippen LogP contribution in [0.25, 0.3) is 0 Å². The van der Waals surface area contributed by atoms with Gasteiger partial charge in [-0.1, -0.05) is 13.0 Å².